The molecule has 2 aromatic rings. The molecule has 3 aliphatic heterocycles. The number of hydrogen-bond acceptors (Lipinski definition) is 8. The Morgan fingerprint density at radius 2 is 2.17 bits per heavy atom. The average Bonchev–Trinajstić information content (AvgIpc) is 3.29. The highest BCUT2D eigenvalue weighted by atomic mass is 19.1. The van der Waals surface area contributed by atoms with Crippen molar-refractivity contribution < 1.29 is 19.1 Å². The number of hydrogen-bond donors (Lipinski definition) is 4. The fourth-order valence-electron chi connectivity index (χ4n) is 3.70. The van der Waals surface area contributed by atoms with Crippen LogP contribution in [-0.2, 0) is 11.4 Å². The lowest BCUT2D eigenvalue weighted by atomic mass is 10.1. The molecule has 150 valence electrons. The van der Waals surface area contributed by atoms with Crippen molar-refractivity contribution in [3.8, 4) is 5.75 Å². The van der Waals surface area contributed by atoms with E-state index in [1.807, 2.05) is 30.0 Å². The monoisotopic (exact) mass is 397 g/mol. The van der Waals surface area contributed by atoms with Crippen LogP contribution in [0, 0.1) is 12.7 Å². The number of benzene rings is 2. The lowest BCUT2D eigenvalue weighted by Gasteiger charge is -2.36. The smallest absolute Gasteiger partial charge is 0.351 e. The topological polar surface area (TPSA) is 90.4 Å². The molecule has 0 aliphatic carbocycles. The molecule has 3 aliphatic rings. The van der Waals surface area contributed by atoms with Gasteiger partial charge in [-0.3, -0.25) is 4.90 Å². The minimum Gasteiger partial charge on any atom is -0.471 e. The second-order valence-corrected chi connectivity index (χ2v) is 7.13. The van der Waals surface area contributed by atoms with Crippen LogP contribution < -0.4 is 25.8 Å². The maximum Gasteiger partial charge on any atom is 0.351 e. The maximum absolute atomic E-state index is 14.2. The van der Waals surface area contributed by atoms with E-state index in [2.05, 4.69) is 21.1 Å². The van der Waals surface area contributed by atoms with Crippen LogP contribution in [0.5, 0.6) is 5.75 Å². The standard InChI is InChI=1S/C20H20FN5O3/c1-11-5-14(6-13(9-27)18(11)21)24-20-23-8-12(2)19(25-29-20)26(20)15-3-4-17-16(7-15)22-10-28-17/h3-8,22,24-25,27H,9-10H2,1-2H3. The number of aryl methyl sites for hydroxylation is 1. The van der Waals surface area contributed by atoms with E-state index < -0.39 is 18.4 Å². The Kier molecular flexibility index (Phi) is 3.90. The second kappa shape index (κ2) is 6.36. The number of nitrogens with one attached hydrogen (secondary N) is 3. The summed E-state index contributed by atoms with van der Waals surface area (Å²) in [4.78, 5) is 12.4. The number of halogens is 1. The summed E-state index contributed by atoms with van der Waals surface area (Å²) < 4.78 is 19.7. The van der Waals surface area contributed by atoms with Gasteiger partial charge in [-0.15, -0.1) is 0 Å². The molecule has 0 saturated carbocycles. The van der Waals surface area contributed by atoms with Crippen LogP contribution in [0.4, 0.5) is 21.5 Å². The predicted molar refractivity (Wildman–Crippen MR) is 107 cm³/mol. The summed E-state index contributed by atoms with van der Waals surface area (Å²) >= 11 is 0. The number of aliphatic imine (C=N–C) groups is 1. The lowest BCUT2D eigenvalue weighted by Crippen LogP contribution is -2.51. The first-order valence-corrected chi connectivity index (χ1v) is 9.20. The maximum atomic E-state index is 14.2. The number of aliphatic hydroxyl groups excluding tert-OH is 1. The van der Waals surface area contributed by atoms with Crippen molar-refractivity contribution in [1.29, 1.82) is 0 Å². The van der Waals surface area contributed by atoms with Gasteiger partial charge in [-0.1, -0.05) is 0 Å². The number of nitrogens with zero attached hydrogens (tertiary/aromatic N) is 2. The molecule has 29 heavy (non-hydrogen) atoms. The first-order chi connectivity index (χ1) is 14.0. The van der Waals surface area contributed by atoms with Gasteiger partial charge in [0.05, 0.1) is 18.0 Å². The van der Waals surface area contributed by atoms with Gasteiger partial charge in [0.15, 0.2) is 6.73 Å². The predicted octanol–water partition coefficient (Wildman–Crippen LogP) is 2.77. The fourth-order valence-corrected chi connectivity index (χ4v) is 3.70. The van der Waals surface area contributed by atoms with Crippen molar-refractivity contribution in [3.05, 3.63) is 58.7 Å². The number of allylic oxidation sites excluding steroid dienone is 1. The molecule has 1 saturated heterocycles. The molecule has 0 aromatic heterocycles. The van der Waals surface area contributed by atoms with E-state index in [-0.39, 0.29) is 5.56 Å². The number of aliphatic hydroxyl groups is 1. The van der Waals surface area contributed by atoms with Gasteiger partial charge < -0.3 is 20.5 Å². The normalized spacial score (nSPS) is 21.6. The number of anilines is 3. The molecular weight excluding hydrogens is 377 g/mol. The summed E-state index contributed by atoms with van der Waals surface area (Å²) in [5, 5.41) is 15.9. The Labute approximate surface area is 166 Å². The van der Waals surface area contributed by atoms with Crippen LogP contribution in [0.1, 0.15) is 18.1 Å². The van der Waals surface area contributed by atoms with Crippen molar-refractivity contribution >= 4 is 23.3 Å². The highest BCUT2D eigenvalue weighted by molar-refractivity contribution is 5.85. The van der Waals surface area contributed by atoms with Gasteiger partial charge in [0.2, 0.25) is 0 Å². The number of hydroxylamine groups is 1. The molecular formula is C20H20FN5O3. The summed E-state index contributed by atoms with van der Waals surface area (Å²) in [5.41, 5.74) is 6.73. The summed E-state index contributed by atoms with van der Waals surface area (Å²) in [7, 11) is 0. The molecule has 1 unspecified atom stereocenters. The van der Waals surface area contributed by atoms with E-state index in [4.69, 9.17) is 9.57 Å². The van der Waals surface area contributed by atoms with Crippen molar-refractivity contribution in [1.82, 2.24) is 5.48 Å². The third kappa shape index (κ3) is 2.70. The Morgan fingerprint density at radius 1 is 1.31 bits per heavy atom. The number of ether oxygens (including phenoxy) is 1. The van der Waals surface area contributed by atoms with Crippen molar-refractivity contribution in [2.45, 2.75) is 26.4 Å². The molecule has 0 radical (unpaired) electrons. The third-order valence-electron chi connectivity index (χ3n) is 5.14. The van der Waals surface area contributed by atoms with Crippen LogP contribution in [0.3, 0.4) is 0 Å². The molecule has 0 spiro atoms. The van der Waals surface area contributed by atoms with E-state index in [0.29, 0.717) is 18.0 Å². The van der Waals surface area contributed by atoms with Gasteiger partial charge >= 0.3 is 5.97 Å². The van der Waals surface area contributed by atoms with Crippen molar-refractivity contribution in [2.75, 3.05) is 22.3 Å². The zero-order valence-corrected chi connectivity index (χ0v) is 15.9. The van der Waals surface area contributed by atoms with E-state index in [1.54, 1.807) is 25.3 Å². The first-order valence-electron chi connectivity index (χ1n) is 9.20. The summed E-state index contributed by atoms with van der Waals surface area (Å²) in [5.74, 6) is -0.205. The van der Waals surface area contributed by atoms with Crippen LogP contribution in [0.15, 0.2) is 46.7 Å². The Bertz CT molecular complexity index is 1070. The van der Waals surface area contributed by atoms with Crippen molar-refractivity contribution in [2.24, 2.45) is 4.99 Å². The Hall–Kier alpha value is -3.30. The van der Waals surface area contributed by atoms with Gasteiger partial charge in [0, 0.05) is 23.0 Å². The molecule has 1 atom stereocenters. The van der Waals surface area contributed by atoms with Gasteiger partial charge in [-0.05, 0) is 49.7 Å². The minimum atomic E-state index is -1.31. The third-order valence-corrected chi connectivity index (χ3v) is 5.14. The molecule has 0 amide bonds. The molecule has 5 rings (SSSR count). The van der Waals surface area contributed by atoms with Crippen LogP contribution >= 0.6 is 0 Å². The summed E-state index contributed by atoms with van der Waals surface area (Å²) in [6.07, 6.45) is 1.72. The van der Waals surface area contributed by atoms with E-state index in [1.165, 1.54) is 0 Å². The summed E-state index contributed by atoms with van der Waals surface area (Å²) in [6.45, 7) is 3.60. The van der Waals surface area contributed by atoms with Crippen LogP contribution in [0.25, 0.3) is 0 Å². The SMILES string of the molecule is CC1=C2NOC(Nc3cc(C)c(F)c(CO)c3)(N=C1)N2c1ccc2c(c1)NCO2. The Balaban J connectivity index is 1.57. The highest BCUT2D eigenvalue weighted by Crippen LogP contribution is 2.42. The minimum absolute atomic E-state index is 0.201. The average molecular weight is 397 g/mol. The zero-order chi connectivity index (χ0) is 20.2. The van der Waals surface area contributed by atoms with E-state index in [0.717, 1.165) is 28.5 Å². The zero-order valence-electron chi connectivity index (χ0n) is 15.9. The molecule has 3 heterocycles. The Morgan fingerprint density at radius 3 is 3.00 bits per heavy atom. The quantitative estimate of drug-likeness (QED) is 0.631. The first kappa shape index (κ1) is 17.8. The fraction of sp³-hybridized carbons (Fsp3) is 0.250. The molecule has 9 heteroatoms. The van der Waals surface area contributed by atoms with Crippen LogP contribution in [-0.4, -0.2) is 24.0 Å². The van der Waals surface area contributed by atoms with Gasteiger partial charge in [-0.2, -0.15) is 0 Å². The molecule has 1 fully saturated rings. The van der Waals surface area contributed by atoms with Gasteiger partial charge in [0.1, 0.15) is 17.4 Å². The number of fused-ring (bicyclic) bond motifs is 3. The molecule has 8 nitrogen and oxygen atoms in total. The second-order valence-electron chi connectivity index (χ2n) is 7.13. The molecule has 2 aromatic carbocycles. The highest BCUT2D eigenvalue weighted by Gasteiger charge is 2.49. The summed E-state index contributed by atoms with van der Waals surface area (Å²) in [6, 6.07) is 8.97. The largest absolute Gasteiger partial charge is 0.471 e. The van der Waals surface area contributed by atoms with Crippen LogP contribution in [0.2, 0.25) is 0 Å². The van der Waals surface area contributed by atoms with E-state index >= 15 is 0 Å². The molecule has 2 bridgehead atoms. The number of rotatable bonds is 4. The van der Waals surface area contributed by atoms with Crippen molar-refractivity contribution in [3.63, 3.8) is 0 Å². The van der Waals surface area contributed by atoms with E-state index in [9.17, 15) is 9.50 Å². The van der Waals surface area contributed by atoms with Gasteiger partial charge in [0.25, 0.3) is 0 Å². The molecule has 4 N–H and O–H groups in total. The lowest BCUT2D eigenvalue weighted by molar-refractivity contribution is -0.0214. The van der Waals surface area contributed by atoms with Gasteiger partial charge in [-0.25, -0.2) is 19.7 Å².